The molecule has 6 heteroatoms. The highest BCUT2D eigenvalue weighted by molar-refractivity contribution is 6.29. The summed E-state index contributed by atoms with van der Waals surface area (Å²) in [6.07, 6.45) is -0.617. The van der Waals surface area contributed by atoms with Crippen LogP contribution in [-0.2, 0) is 4.74 Å². The first-order valence-electron chi connectivity index (χ1n) is 7.68. The molecule has 2 rings (SSSR count). The summed E-state index contributed by atoms with van der Waals surface area (Å²) in [6.45, 7) is 11.5. The fourth-order valence-corrected chi connectivity index (χ4v) is 2.53. The molecule has 1 aromatic carbocycles. The number of carbonyl (C=O) groups excluding carboxylic acids is 1. The van der Waals surface area contributed by atoms with E-state index in [0.29, 0.717) is 5.69 Å². The fourth-order valence-electron chi connectivity index (χ4n) is 2.34. The van der Waals surface area contributed by atoms with Gasteiger partial charge in [0, 0.05) is 11.6 Å². The second kappa shape index (κ2) is 6.77. The van der Waals surface area contributed by atoms with E-state index in [9.17, 15) is 4.79 Å². The van der Waals surface area contributed by atoms with Gasteiger partial charge in [-0.3, -0.25) is 5.32 Å². The lowest BCUT2D eigenvalue weighted by molar-refractivity contribution is 0.0634. The molecule has 1 N–H and O–H groups in total. The molecule has 0 aliphatic rings. The molecule has 0 unspecified atom stereocenters. The third-order valence-corrected chi connectivity index (χ3v) is 3.70. The number of ether oxygens (including phenoxy) is 1. The summed E-state index contributed by atoms with van der Waals surface area (Å²) in [5.41, 5.74) is 4.41. The van der Waals surface area contributed by atoms with Crippen LogP contribution in [-0.4, -0.2) is 21.7 Å². The Morgan fingerprint density at radius 1 is 1.12 bits per heavy atom. The number of hydrogen-bond donors (Lipinski definition) is 1. The first-order chi connectivity index (χ1) is 11.1. The molecule has 1 aromatic heterocycles. The summed E-state index contributed by atoms with van der Waals surface area (Å²) >= 11 is 6.12. The van der Waals surface area contributed by atoms with Gasteiger partial charge in [0.1, 0.15) is 10.8 Å². The van der Waals surface area contributed by atoms with Crippen LogP contribution in [0, 0.1) is 20.8 Å². The van der Waals surface area contributed by atoms with Gasteiger partial charge < -0.3 is 4.74 Å². The van der Waals surface area contributed by atoms with Crippen LogP contribution < -0.4 is 5.32 Å². The molecule has 5 nitrogen and oxygen atoms in total. The second-order valence-electron chi connectivity index (χ2n) is 6.73. The minimum absolute atomic E-state index is 0.118. The first-order valence-corrected chi connectivity index (χ1v) is 8.06. The second-order valence-corrected chi connectivity index (χ2v) is 7.11. The monoisotopic (exact) mass is 347 g/mol. The van der Waals surface area contributed by atoms with Gasteiger partial charge in [-0.25, -0.2) is 14.8 Å². The van der Waals surface area contributed by atoms with Gasteiger partial charge in [-0.1, -0.05) is 23.7 Å². The van der Waals surface area contributed by atoms with Crippen molar-refractivity contribution in [2.45, 2.75) is 47.1 Å². The summed E-state index contributed by atoms with van der Waals surface area (Å²) < 4.78 is 5.22. The van der Waals surface area contributed by atoms with Crippen LogP contribution >= 0.6 is 11.6 Å². The van der Waals surface area contributed by atoms with Crippen molar-refractivity contribution < 1.29 is 9.53 Å². The van der Waals surface area contributed by atoms with Crippen molar-refractivity contribution in [2.75, 3.05) is 5.32 Å². The highest BCUT2D eigenvalue weighted by Crippen LogP contribution is 2.29. The van der Waals surface area contributed by atoms with E-state index < -0.39 is 11.7 Å². The topological polar surface area (TPSA) is 64.1 Å². The number of anilines is 1. The Labute approximate surface area is 147 Å². The van der Waals surface area contributed by atoms with Crippen LogP contribution in [0.1, 0.15) is 37.5 Å². The highest BCUT2D eigenvalue weighted by atomic mass is 35.5. The maximum atomic E-state index is 11.9. The Balaban J connectivity index is 2.40. The van der Waals surface area contributed by atoms with E-state index in [0.717, 1.165) is 22.3 Å². The van der Waals surface area contributed by atoms with Crippen molar-refractivity contribution in [3.63, 3.8) is 0 Å². The quantitative estimate of drug-likeness (QED) is 0.770. The molecule has 0 fully saturated rings. The van der Waals surface area contributed by atoms with Crippen molar-refractivity contribution in [1.29, 1.82) is 0 Å². The van der Waals surface area contributed by atoms with Crippen LogP contribution in [0.2, 0.25) is 5.15 Å². The van der Waals surface area contributed by atoms with Gasteiger partial charge in [-0.2, -0.15) is 0 Å². The zero-order chi connectivity index (χ0) is 18.1. The lowest BCUT2D eigenvalue weighted by Crippen LogP contribution is -2.27. The molecular formula is C18H22ClN3O2. The predicted octanol–water partition coefficient (Wildman–Crippen LogP) is 5.07. The van der Waals surface area contributed by atoms with Gasteiger partial charge in [0.05, 0.1) is 5.69 Å². The van der Waals surface area contributed by atoms with Crippen LogP contribution in [0.5, 0.6) is 0 Å². The minimum atomic E-state index is -0.617. The number of nitrogens with zero attached hydrogens (tertiary/aromatic N) is 2. The number of aromatic nitrogens is 2. The Kier molecular flexibility index (Phi) is 5.13. The summed E-state index contributed by atoms with van der Waals surface area (Å²) in [5, 5.41) is 2.79. The molecule has 1 heterocycles. The van der Waals surface area contributed by atoms with E-state index in [1.165, 1.54) is 0 Å². The Bertz CT molecular complexity index is 783. The molecule has 2 aromatic rings. The van der Waals surface area contributed by atoms with Crippen LogP contribution in [0.4, 0.5) is 10.7 Å². The van der Waals surface area contributed by atoms with E-state index in [1.54, 1.807) is 26.8 Å². The van der Waals surface area contributed by atoms with Gasteiger partial charge in [0.25, 0.3) is 0 Å². The molecule has 0 spiro atoms. The van der Waals surface area contributed by atoms with Crippen molar-refractivity contribution in [1.82, 2.24) is 9.97 Å². The lowest BCUT2D eigenvalue weighted by Gasteiger charge is -2.19. The molecular weight excluding hydrogens is 326 g/mol. The maximum Gasteiger partial charge on any atom is 0.414 e. The molecule has 0 saturated heterocycles. The van der Waals surface area contributed by atoms with Gasteiger partial charge >= 0.3 is 6.09 Å². The van der Waals surface area contributed by atoms with E-state index >= 15 is 0 Å². The smallest absolute Gasteiger partial charge is 0.414 e. The molecule has 0 radical (unpaired) electrons. The van der Waals surface area contributed by atoms with Crippen molar-refractivity contribution in [2.24, 2.45) is 0 Å². The summed E-state index contributed by atoms with van der Waals surface area (Å²) in [6, 6.07) is 5.79. The van der Waals surface area contributed by atoms with Crippen molar-refractivity contribution >= 4 is 23.6 Å². The summed E-state index contributed by atoms with van der Waals surface area (Å²) in [4.78, 5) is 20.4. The van der Waals surface area contributed by atoms with Crippen LogP contribution in [0.25, 0.3) is 11.3 Å². The van der Waals surface area contributed by atoms with Gasteiger partial charge in [-0.05, 0) is 58.2 Å². The molecule has 0 atom stereocenters. The van der Waals surface area contributed by atoms with Crippen molar-refractivity contribution in [3.8, 4) is 11.3 Å². The van der Waals surface area contributed by atoms with E-state index in [4.69, 9.17) is 16.3 Å². The highest BCUT2D eigenvalue weighted by Gasteiger charge is 2.18. The molecule has 0 aliphatic carbocycles. The zero-order valence-corrected chi connectivity index (χ0v) is 15.6. The maximum absolute atomic E-state index is 11.9. The van der Waals surface area contributed by atoms with Crippen LogP contribution in [0.3, 0.4) is 0 Å². The van der Waals surface area contributed by atoms with Crippen LogP contribution in [0.15, 0.2) is 18.2 Å². The molecule has 0 bridgehead atoms. The lowest BCUT2D eigenvalue weighted by atomic mass is 9.96. The number of amides is 1. The normalized spacial score (nSPS) is 11.3. The number of rotatable bonds is 2. The van der Waals surface area contributed by atoms with E-state index in [2.05, 4.69) is 21.4 Å². The Hall–Kier alpha value is -2.14. The minimum Gasteiger partial charge on any atom is -0.444 e. The Morgan fingerprint density at radius 3 is 2.38 bits per heavy atom. The predicted molar refractivity (Wildman–Crippen MR) is 96.5 cm³/mol. The van der Waals surface area contributed by atoms with Gasteiger partial charge in [-0.15, -0.1) is 0 Å². The number of carbonyl (C=O) groups is 1. The summed E-state index contributed by atoms with van der Waals surface area (Å²) in [7, 11) is 0. The molecule has 24 heavy (non-hydrogen) atoms. The first kappa shape index (κ1) is 18.2. The molecule has 1 amide bonds. The number of aryl methyl sites for hydroxylation is 2. The van der Waals surface area contributed by atoms with Crippen molar-refractivity contribution in [3.05, 3.63) is 40.0 Å². The SMILES string of the molecule is Cc1ccc(C)c(-c2cc(Cl)nc(NC(=O)OC(C)(C)C)n2)c1C. The number of halogens is 1. The summed E-state index contributed by atoms with van der Waals surface area (Å²) in [5.74, 6) is 0.118. The zero-order valence-electron chi connectivity index (χ0n) is 14.8. The largest absolute Gasteiger partial charge is 0.444 e. The Morgan fingerprint density at radius 2 is 1.75 bits per heavy atom. The standard InChI is InChI=1S/C18H22ClN3O2/c1-10-7-8-11(2)15(12(10)3)13-9-14(19)21-16(20-13)22-17(23)24-18(4,5)6/h7-9H,1-6H3,(H,20,21,22,23). The molecule has 0 saturated carbocycles. The average Bonchev–Trinajstić information content (AvgIpc) is 2.40. The van der Waals surface area contributed by atoms with Gasteiger partial charge in [0.2, 0.25) is 5.95 Å². The average molecular weight is 348 g/mol. The molecule has 0 aliphatic heterocycles. The number of benzene rings is 1. The number of hydrogen-bond acceptors (Lipinski definition) is 4. The fraction of sp³-hybridized carbons (Fsp3) is 0.389. The third kappa shape index (κ3) is 4.45. The molecule has 128 valence electrons. The van der Waals surface area contributed by atoms with E-state index in [1.807, 2.05) is 26.8 Å². The van der Waals surface area contributed by atoms with E-state index in [-0.39, 0.29) is 11.1 Å². The number of nitrogens with one attached hydrogen (secondary N) is 1. The third-order valence-electron chi connectivity index (χ3n) is 3.51. The van der Waals surface area contributed by atoms with Gasteiger partial charge in [0.15, 0.2) is 0 Å².